The summed E-state index contributed by atoms with van der Waals surface area (Å²) in [5, 5.41) is 11.8. The third-order valence-corrected chi connectivity index (χ3v) is 6.02. The van der Waals surface area contributed by atoms with E-state index in [1.807, 2.05) is 57.3 Å². The molecule has 0 spiro atoms. The van der Waals surface area contributed by atoms with Crippen LogP contribution in [0.1, 0.15) is 56.7 Å². The largest absolute Gasteiger partial charge is 0.444 e. The van der Waals surface area contributed by atoms with Gasteiger partial charge >= 0.3 is 6.09 Å². The van der Waals surface area contributed by atoms with Crippen molar-refractivity contribution < 1.29 is 14.3 Å². The van der Waals surface area contributed by atoms with E-state index in [1.165, 1.54) is 5.56 Å². The number of carbonyl (C=O) groups excluding carboxylic acids is 1. The number of carbonyl (C=O) groups is 1. The van der Waals surface area contributed by atoms with Gasteiger partial charge in [-0.05, 0) is 51.3 Å². The van der Waals surface area contributed by atoms with Crippen molar-refractivity contribution in [2.45, 2.75) is 58.3 Å². The highest BCUT2D eigenvalue weighted by molar-refractivity contribution is 5.67. The standard InChI is InChI=1S/C27H36N6O3/c1-27(2,3)36-26(34)29-15-18-35-20-24-30-31-25(33(24)19-21-9-5-4-6-10-21)22-12-16-32(17-13-22)23-11-7-8-14-28-23/h4-11,14,22H,12-13,15-20H2,1-3H3,(H,29,34). The van der Waals surface area contributed by atoms with Gasteiger partial charge in [0.15, 0.2) is 5.82 Å². The fraction of sp³-hybridized carbons (Fsp3) is 0.481. The zero-order chi connectivity index (χ0) is 25.4. The third kappa shape index (κ3) is 7.27. The molecule has 0 saturated carbocycles. The van der Waals surface area contributed by atoms with Gasteiger partial charge in [-0.2, -0.15) is 0 Å². The Hall–Kier alpha value is -3.46. The highest BCUT2D eigenvalue weighted by atomic mass is 16.6. The van der Waals surface area contributed by atoms with E-state index >= 15 is 0 Å². The monoisotopic (exact) mass is 492 g/mol. The van der Waals surface area contributed by atoms with Gasteiger partial charge in [0.1, 0.15) is 23.9 Å². The highest BCUT2D eigenvalue weighted by Gasteiger charge is 2.27. The lowest BCUT2D eigenvalue weighted by Gasteiger charge is -2.32. The fourth-order valence-electron chi connectivity index (χ4n) is 4.31. The molecule has 9 nitrogen and oxygen atoms in total. The quantitative estimate of drug-likeness (QED) is 0.449. The summed E-state index contributed by atoms with van der Waals surface area (Å²) in [5.74, 6) is 3.14. The lowest BCUT2D eigenvalue weighted by atomic mass is 9.95. The Balaban J connectivity index is 1.37. The van der Waals surface area contributed by atoms with E-state index in [9.17, 15) is 4.79 Å². The van der Waals surface area contributed by atoms with E-state index in [0.717, 1.165) is 43.4 Å². The number of pyridine rings is 1. The number of aromatic nitrogens is 4. The summed E-state index contributed by atoms with van der Waals surface area (Å²) in [6.45, 7) is 9.11. The topological polar surface area (TPSA) is 94.4 Å². The number of alkyl carbamates (subject to hydrolysis) is 1. The maximum Gasteiger partial charge on any atom is 0.407 e. The van der Waals surface area contributed by atoms with Crippen LogP contribution in [0.2, 0.25) is 0 Å². The van der Waals surface area contributed by atoms with Gasteiger partial charge in [0.05, 0.1) is 13.2 Å². The van der Waals surface area contributed by atoms with Crippen LogP contribution in [0.25, 0.3) is 0 Å². The summed E-state index contributed by atoms with van der Waals surface area (Å²) < 4.78 is 13.3. The second kappa shape index (κ2) is 12.0. The Bertz CT molecular complexity index is 1090. The highest BCUT2D eigenvalue weighted by Crippen LogP contribution is 2.29. The first-order valence-electron chi connectivity index (χ1n) is 12.6. The summed E-state index contributed by atoms with van der Waals surface area (Å²) in [6.07, 6.45) is 3.37. The van der Waals surface area contributed by atoms with Crippen LogP contribution >= 0.6 is 0 Å². The molecular formula is C27H36N6O3. The maximum atomic E-state index is 11.8. The number of amides is 1. The number of hydrogen-bond acceptors (Lipinski definition) is 7. The number of anilines is 1. The second-order valence-corrected chi connectivity index (χ2v) is 9.98. The van der Waals surface area contributed by atoms with Crippen molar-refractivity contribution in [1.29, 1.82) is 0 Å². The molecule has 1 fully saturated rings. The Morgan fingerprint density at radius 3 is 2.50 bits per heavy atom. The second-order valence-electron chi connectivity index (χ2n) is 9.98. The summed E-state index contributed by atoms with van der Waals surface area (Å²) in [5.41, 5.74) is 0.667. The number of benzene rings is 1. The maximum absolute atomic E-state index is 11.8. The van der Waals surface area contributed by atoms with E-state index < -0.39 is 11.7 Å². The molecule has 0 unspecified atom stereocenters. The van der Waals surface area contributed by atoms with Crippen LogP contribution in [0.4, 0.5) is 10.6 Å². The predicted octanol–water partition coefficient (Wildman–Crippen LogP) is 4.15. The molecule has 0 radical (unpaired) electrons. The molecule has 1 aliphatic heterocycles. The lowest BCUT2D eigenvalue weighted by molar-refractivity contribution is 0.0490. The summed E-state index contributed by atoms with van der Waals surface area (Å²) in [7, 11) is 0. The van der Waals surface area contributed by atoms with E-state index in [1.54, 1.807) is 0 Å². The van der Waals surface area contributed by atoms with Gasteiger partial charge in [-0.25, -0.2) is 9.78 Å². The molecule has 9 heteroatoms. The zero-order valence-corrected chi connectivity index (χ0v) is 21.4. The van der Waals surface area contributed by atoms with Gasteiger partial charge in [0, 0.05) is 31.7 Å². The smallest absolute Gasteiger partial charge is 0.407 e. The average molecular weight is 493 g/mol. The normalized spacial score (nSPS) is 14.6. The molecule has 192 valence electrons. The molecule has 1 N–H and O–H groups in total. The van der Waals surface area contributed by atoms with E-state index in [0.29, 0.717) is 32.2 Å². The SMILES string of the molecule is CC(C)(C)OC(=O)NCCOCc1nnc(C2CCN(c3ccccn3)CC2)n1Cc1ccccc1. The number of piperidine rings is 1. The third-order valence-electron chi connectivity index (χ3n) is 6.02. The fourth-order valence-corrected chi connectivity index (χ4v) is 4.31. The van der Waals surface area contributed by atoms with Crippen molar-refractivity contribution in [3.05, 3.63) is 71.9 Å². The minimum absolute atomic E-state index is 0.322. The van der Waals surface area contributed by atoms with Gasteiger partial charge in [-0.1, -0.05) is 36.4 Å². The molecule has 1 aromatic carbocycles. The molecule has 0 atom stereocenters. The molecule has 1 saturated heterocycles. The molecule has 1 amide bonds. The van der Waals surface area contributed by atoms with Crippen molar-refractivity contribution in [2.24, 2.45) is 0 Å². The number of nitrogens with one attached hydrogen (secondary N) is 1. The Morgan fingerprint density at radius 1 is 1.06 bits per heavy atom. The van der Waals surface area contributed by atoms with Gasteiger partial charge in [-0.15, -0.1) is 10.2 Å². The van der Waals surface area contributed by atoms with Crippen LogP contribution in [-0.4, -0.2) is 57.7 Å². The zero-order valence-electron chi connectivity index (χ0n) is 21.4. The Labute approximate surface area is 212 Å². The van der Waals surface area contributed by atoms with Gasteiger partial charge in [0.25, 0.3) is 0 Å². The van der Waals surface area contributed by atoms with Gasteiger partial charge < -0.3 is 24.3 Å². The van der Waals surface area contributed by atoms with Crippen LogP contribution in [0.5, 0.6) is 0 Å². The van der Waals surface area contributed by atoms with Crippen molar-refractivity contribution in [2.75, 3.05) is 31.1 Å². The summed E-state index contributed by atoms with van der Waals surface area (Å²) in [4.78, 5) is 18.6. The number of hydrogen-bond donors (Lipinski definition) is 1. The van der Waals surface area contributed by atoms with E-state index in [2.05, 4.69) is 48.2 Å². The molecule has 4 rings (SSSR count). The van der Waals surface area contributed by atoms with Crippen LogP contribution < -0.4 is 10.2 Å². The molecule has 36 heavy (non-hydrogen) atoms. The van der Waals surface area contributed by atoms with Crippen molar-refractivity contribution in [3.8, 4) is 0 Å². The lowest BCUT2D eigenvalue weighted by Crippen LogP contribution is -2.34. The molecule has 0 aliphatic carbocycles. The number of ether oxygens (including phenoxy) is 2. The minimum Gasteiger partial charge on any atom is -0.444 e. The minimum atomic E-state index is -0.525. The number of rotatable bonds is 9. The molecule has 3 heterocycles. The van der Waals surface area contributed by atoms with Crippen molar-refractivity contribution in [1.82, 2.24) is 25.1 Å². The van der Waals surface area contributed by atoms with Gasteiger partial charge in [0.2, 0.25) is 0 Å². The Kier molecular flexibility index (Phi) is 8.53. The first-order chi connectivity index (χ1) is 17.4. The molecule has 3 aromatic rings. The van der Waals surface area contributed by atoms with Crippen LogP contribution in [-0.2, 0) is 22.6 Å². The molecule has 2 aromatic heterocycles. The summed E-state index contributed by atoms with van der Waals surface area (Å²) in [6, 6.07) is 16.4. The van der Waals surface area contributed by atoms with Crippen molar-refractivity contribution in [3.63, 3.8) is 0 Å². The first kappa shape index (κ1) is 25.6. The molecular weight excluding hydrogens is 456 g/mol. The number of nitrogens with zero attached hydrogens (tertiary/aromatic N) is 5. The summed E-state index contributed by atoms with van der Waals surface area (Å²) >= 11 is 0. The van der Waals surface area contributed by atoms with Crippen molar-refractivity contribution >= 4 is 11.9 Å². The Morgan fingerprint density at radius 2 is 1.81 bits per heavy atom. The van der Waals surface area contributed by atoms with Crippen LogP contribution in [0.3, 0.4) is 0 Å². The predicted molar refractivity (Wildman–Crippen MR) is 138 cm³/mol. The van der Waals surface area contributed by atoms with Gasteiger partial charge in [-0.3, -0.25) is 0 Å². The first-order valence-corrected chi connectivity index (χ1v) is 12.6. The van der Waals surface area contributed by atoms with Crippen LogP contribution in [0.15, 0.2) is 54.7 Å². The molecule has 0 bridgehead atoms. The van der Waals surface area contributed by atoms with Crippen LogP contribution in [0, 0.1) is 0 Å². The average Bonchev–Trinajstić information content (AvgIpc) is 3.26. The molecule has 1 aliphatic rings. The van der Waals surface area contributed by atoms with E-state index in [-0.39, 0.29) is 0 Å². The van der Waals surface area contributed by atoms with E-state index in [4.69, 9.17) is 9.47 Å².